The lowest BCUT2D eigenvalue weighted by molar-refractivity contribution is -0.139. The van der Waals surface area contributed by atoms with Gasteiger partial charge in [-0.25, -0.2) is 4.79 Å². The fourth-order valence-electron chi connectivity index (χ4n) is 2.07. The molecular formula is C16H21ClN2O6. The maximum Gasteiger partial charge on any atom is 0.326 e. The van der Waals surface area contributed by atoms with Crippen molar-refractivity contribution in [1.29, 1.82) is 0 Å². The zero-order chi connectivity index (χ0) is 19.1. The van der Waals surface area contributed by atoms with E-state index in [0.717, 1.165) is 0 Å². The number of halogens is 1. The van der Waals surface area contributed by atoms with Gasteiger partial charge in [-0.15, -0.1) is 0 Å². The molecule has 9 heteroatoms. The summed E-state index contributed by atoms with van der Waals surface area (Å²) >= 11 is 6.07. The van der Waals surface area contributed by atoms with Crippen LogP contribution in [0.5, 0.6) is 11.5 Å². The lowest BCUT2D eigenvalue weighted by Crippen LogP contribution is -2.41. The molecule has 4 N–H and O–H groups in total. The SMILES string of the molecule is COc1cc(C(=O)N[C@@H](CC(C)C)C(=O)O)cc(Cl)c1OCC(N)=O. The van der Waals surface area contributed by atoms with Crippen LogP contribution in [0.3, 0.4) is 0 Å². The summed E-state index contributed by atoms with van der Waals surface area (Å²) in [7, 11) is 1.34. The standard InChI is InChI=1S/C16H21ClN2O6/c1-8(2)4-11(16(22)23)19-15(21)9-5-10(17)14(12(6-9)24-3)25-7-13(18)20/h5-6,8,11H,4,7H2,1-3H3,(H2,18,20)(H,19,21)(H,22,23)/t11-/m0/s1. The molecule has 2 amide bonds. The van der Waals surface area contributed by atoms with Crippen molar-refractivity contribution in [2.45, 2.75) is 26.3 Å². The van der Waals surface area contributed by atoms with Crippen LogP contribution < -0.4 is 20.5 Å². The molecule has 1 atom stereocenters. The van der Waals surface area contributed by atoms with E-state index in [1.54, 1.807) is 0 Å². The van der Waals surface area contributed by atoms with Crippen molar-refractivity contribution in [2.75, 3.05) is 13.7 Å². The summed E-state index contributed by atoms with van der Waals surface area (Å²) < 4.78 is 10.3. The van der Waals surface area contributed by atoms with E-state index in [1.165, 1.54) is 19.2 Å². The molecule has 0 aliphatic carbocycles. The predicted molar refractivity (Wildman–Crippen MR) is 91.0 cm³/mol. The van der Waals surface area contributed by atoms with Crippen LogP contribution in [-0.2, 0) is 9.59 Å². The fraction of sp³-hybridized carbons (Fsp3) is 0.438. The van der Waals surface area contributed by atoms with Crippen LogP contribution in [0.15, 0.2) is 12.1 Å². The predicted octanol–water partition coefficient (Wildman–Crippen LogP) is 1.44. The average Bonchev–Trinajstić information content (AvgIpc) is 2.51. The van der Waals surface area contributed by atoms with E-state index in [-0.39, 0.29) is 34.4 Å². The second-order valence-corrected chi connectivity index (χ2v) is 6.15. The van der Waals surface area contributed by atoms with Crippen molar-refractivity contribution >= 4 is 29.4 Å². The summed E-state index contributed by atoms with van der Waals surface area (Å²) in [5.41, 5.74) is 5.12. The summed E-state index contributed by atoms with van der Waals surface area (Å²) in [6.45, 7) is 3.30. The first kappa shape index (κ1) is 20.6. The van der Waals surface area contributed by atoms with E-state index in [1.807, 2.05) is 13.8 Å². The van der Waals surface area contributed by atoms with Crippen molar-refractivity contribution in [2.24, 2.45) is 11.7 Å². The van der Waals surface area contributed by atoms with Gasteiger partial charge in [0, 0.05) is 5.56 Å². The zero-order valence-corrected chi connectivity index (χ0v) is 14.9. The number of primary amides is 1. The Labute approximate surface area is 150 Å². The first-order chi connectivity index (χ1) is 11.6. The van der Waals surface area contributed by atoms with Gasteiger partial charge in [0.25, 0.3) is 11.8 Å². The second kappa shape index (κ2) is 9.12. The lowest BCUT2D eigenvalue weighted by atomic mass is 10.0. The van der Waals surface area contributed by atoms with Crippen LogP contribution in [0.2, 0.25) is 5.02 Å². The Balaban J connectivity index is 3.04. The molecule has 0 aliphatic rings. The minimum atomic E-state index is -1.12. The van der Waals surface area contributed by atoms with Gasteiger partial charge in [0.2, 0.25) is 0 Å². The summed E-state index contributed by atoms with van der Waals surface area (Å²) in [4.78, 5) is 34.4. The Morgan fingerprint density at radius 1 is 1.32 bits per heavy atom. The molecule has 0 fully saturated rings. The van der Waals surface area contributed by atoms with Crippen molar-refractivity contribution in [1.82, 2.24) is 5.32 Å². The van der Waals surface area contributed by atoms with Crippen LogP contribution in [0.25, 0.3) is 0 Å². The molecule has 0 aliphatic heterocycles. The Bertz CT molecular complexity index is 662. The number of benzene rings is 1. The number of carboxylic acids is 1. The maximum absolute atomic E-state index is 12.3. The molecule has 1 rings (SSSR count). The molecule has 0 aromatic heterocycles. The summed E-state index contributed by atoms with van der Waals surface area (Å²) in [5, 5.41) is 11.7. The number of hydrogen-bond acceptors (Lipinski definition) is 5. The van der Waals surface area contributed by atoms with E-state index < -0.39 is 30.4 Å². The average molecular weight is 373 g/mol. The minimum Gasteiger partial charge on any atom is -0.493 e. The number of amides is 2. The fourth-order valence-corrected chi connectivity index (χ4v) is 2.33. The third-order valence-electron chi connectivity index (χ3n) is 3.16. The molecule has 0 radical (unpaired) electrons. The van der Waals surface area contributed by atoms with Gasteiger partial charge in [-0.05, 0) is 24.5 Å². The van der Waals surface area contributed by atoms with E-state index in [9.17, 15) is 19.5 Å². The molecule has 0 bridgehead atoms. The molecule has 8 nitrogen and oxygen atoms in total. The molecule has 1 aromatic rings. The molecule has 0 saturated carbocycles. The topological polar surface area (TPSA) is 128 Å². The lowest BCUT2D eigenvalue weighted by Gasteiger charge is -2.17. The molecule has 0 spiro atoms. The van der Waals surface area contributed by atoms with Crippen molar-refractivity contribution in [3.8, 4) is 11.5 Å². The third-order valence-corrected chi connectivity index (χ3v) is 3.44. The Morgan fingerprint density at radius 2 is 1.96 bits per heavy atom. The molecule has 0 heterocycles. The number of hydrogen-bond donors (Lipinski definition) is 3. The smallest absolute Gasteiger partial charge is 0.326 e. The van der Waals surface area contributed by atoms with Crippen molar-refractivity contribution < 1.29 is 29.0 Å². The first-order valence-electron chi connectivity index (χ1n) is 7.48. The monoisotopic (exact) mass is 372 g/mol. The molecule has 138 valence electrons. The molecule has 0 saturated heterocycles. The highest BCUT2D eigenvalue weighted by atomic mass is 35.5. The second-order valence-electron chi connectivity index (χ2n) is 5.74. The summed E-state index contributed by atoms with van der Waals surface area (Å²) in [6, 6.07) is 1.61. The van der Waals surface area contributed by atoms with Crippen molar-refractivity contribution in [3.05, 3.63) is 22.7 Å². The molecule has 25 heavy (non-hydrogen) atoms. The number of carboxylic acid groups (broad SMARTS) is 1. The summed E-state index contributed by atoms with van der Waals surface area (Å²) in [6.07, 6.45) is 0.283. The van der Waals surface area contributed by atoms with Gasteiger partial charge in [0.1, 0.15) is 6.04 Å². The van der Waals surface area contributed by atoms with Gasteiger partial charge >= 0.3 is 5.97 Å². The van der Waals surface area contributed by atoms with Gasteiger partial charge in [0.05, 0.1) is 12.1 Å². The Hall–Kier alpha value is -2.48. The molecule has 1 aromatic carbocycles. The van der Waals surface area contributed by atoms with Crippen molar-refractivity contribution in [3.63, 3.8) is 0 Å². The van der Waals surface area contributed by atoms with Crippen LogP contribution in [0.4, 0.5) is 0 Å². The molecular weight excluding hydrogens is 352 g/mol. The number of ether oxygens (including phenoxy) is 2. The number of nitrogens with two attached hydrogens (primary N) is 1. The highest BCUT2D eigenvalue weighted by Gasteiger charge is 2.23. The van der Waals surface area contributed by atoms with Gasteiger partial charge < -0.3 is 25.6 Å². The number of methoxy groups -OCH3 is 1. The van der Waals surface area contributed by atoms with E-state index in [2.05, 4.69) is 5.32 Å². The maximum atomic E-state index is 12.3. The highest BCUT2D eigenvalue weighted by molar-refractivity contribution is 6.32. The Morgan fingerprint density at radius 3 is 2.44 bits per heavy atom. The minimum absolute atomic E-state index is 0.0292. The van der Waals surface area contributed by atoms with Crippen LogP contribution in [-0.4, -0.2) is 42.6 Å². The highest BCUT2D eigenvalue weighted by Crippen LogP contribution is 2.36. The number of carbonyl (C=O) groups excluding carboxylic acids is 2. The van der Waals surface area contributed by atoms with Gasteiger partial charge in [-0.2, -0.15) is 0 Å². The third kappa shape index (κ3) is 6.15. The van der Waals surface area contributed by atoms with E-state index in [4.69, 9.17) is 26.8 Å². The normalized spacial score (nSPS) is 11.7. The number of carbonyl (C=O) groups is 3. The largest absolute Gasteiger partial charge is 0.493 e. The quantitative estimate of drug-likeness (QED) is 0.601. The van der Waals surface area contributed by atoms with Crippen LogP contribution in [0.1, 0.15) is 30.6 Å². The van der Waals surface area contributed by atoms with E-state index >= 15 is 0 Å². The first-order valence-corrected chi connectivity index (χ1v) is 7.85. The van der Waals surface area contributed by atoms with E-state index in [0.29, 0.717) is 0 Å². The number of rotatable bonds is 9. The molecule has 0 unspecified atom stereocenters. The number of nitrogens with one attached hydrogen (secondary N) is 1. The van der Waals surface area contributed by atoms with Gasteiger partial charge in [-0.3, -0.25) is 9.59 Å². The Kier molecular flexibility index (Phi) is 7.50. The number of aliphatic carboxylic acids is 1. The van der Waals surface area contributed by atoms with Gasteiger partial charge in [0.15, 0.2) is 18.1 Å². The van der Waals surface area contributed by atoms with Gasteiger partial charge in [-0.1, -0.05) is 25.4 Å². The van der Waals surface area contributed by atoms with Crippen LogP contribution in [0, 0.1) is 5.92 Å². The summed E-state index contributed by atoms with van der Waals surface area (Å²) in [5.74, 6) is -2.16. The van der Waals surface area contributed by atoms with Crippen LogP contribution >= 0.6 is 11.6 Å². The zero-order valence-electron chi connectivity index (χ0n) is 14.2.